The quantitative estimate of drug-likeness (QED) is 0.686. The zero-order valence-electron chi connectivity index (χ0n) is 11.9. The third-order valence-corrected chi connectivity index (χ3v) is 4.92. The lowest BCUT2D eigenvalue weighted by atomic mass is 10.2. The summed E-state index contributed by atoms with van der Waals surface area (Å²) < 4.78 is 40.4. The Hall–Kier alpha value is -1.22. The molecule has 1 aliphatic rings. The summed E-state index contributed by atoms with van der Waals surface area (Å²) in [5, 5.41) is 4.27. The number of nitrogens with zero attached hydrogens (tertiary/aromatic N) is 3. The third-order valence-electron chi connectivity index (χ3n) is 3.45. The van der Waals surface area contributed by atoms with E-state index < -0.39 is 16.7 Å². The summed E-state index contributed by atoms with van der Waals surface area (Å²) in [5.74, 6) is 0.608. The highest BCUT2D eigenvalue weighted by atomic mass is 32.2. The van der Waals surface area contributed by atoms with Gasteiger partial charge in [-0.1, -0.05) is 0 Å². The van der Waals surface area contributed by atoms with Crippen LogP contribution in [0.2, 0.25) is 0 Å². The van der Waals surface area contributed by atoms with Crippen LogP contribution >= 0.6 is 0 Å². The molecule has 2 heterocycles. The molecule has 1 aliphatic heterocycles. The van der Waals surface area contributed by atoms with Crippen molar-refractivity contribution in [1.29, 1.82) is 0 Å². The first-order chi connectivity index (χ1) is 10.0. The normalized spacial score (nSPS) is 15.1. The van der Waals surface area contributed by atoms with Crippen molar-refractivity contribution in [2.24, 2.45) is 0 Å². The number of aryl methyl sites for hydroxylation is 2. The summed E-state index contributed by atoms with van der Waals surface area (Å²) in [6.45, 7) is 0.675. The Morgan fingerprint density at radius 1 is 1.29 bits per heavy atom. The van der Waals surface area contributed by atoms with Gasteiger partial charge in [-0.3, -0.25) is 8.96 Å². The Bertz CT molecular complexity index is 623. The topological polar surface area (TPSA) is 86.0 Å². The van der Waals surface area contributed by atoms with E-state index in [4.69, 9.17) is 0 Å². The van der Waals surface area contributed by atoms with Gasteiger partial charge in [0.2, 0.25) is 10.0 Å². The first-order valence-corrected chi connectivity index (χ1v) is 8.88. The summed E-state index contributed by atoms with van der Waals surface area (Å²) in [6, 6.07) is 0. The van der Waals surface area contributed by atoms with Gasteiger partial charge in [0.1, 0.15) is 5.82 Å². The Labute approximate surface area is 123 Å². The predicted octanol–water partition coefficient (Wildman–Crippen LogP) is 0.0502. The number of alkyl halides is 1. The fourth-order valence-electron chi connectivity index (χ4n) is 2.37. The second-order valence-corrected chi connectivity index (χ2v) is 7.07. The number of nitrogens with one attached hydrogen (secondary N) is 1. The molecule has 0 spiro atoms. The number of fused-ring (bicyclic) bond motifs is 1. The van der Waals surface area contributed by atoms with E-state index in [0.29, 0.717) is 19.5 Å². The molecule has 0 radical (unpaired) electrons. The summed E-state index contributed by atoms with van der Waals surface area (Å²) >= 11 is 0. The number of rotatable bonds is 8. The molecule has 1 aromatic heterocycles. The lowest BCUT2D eigenvalue weighted by molar-refractivity contribution is 0.482. The van der Waals surface area contributed by atoms with E-state index in [-0.39, 0.29) is 24.4 Å². The van der Waals surface area contributed by atoms with Crippen molar-refractivity contribution in [3.8, 4) is 0 Å². The molecule has 9 heteroatoms. The molecule has 1 aromatic rings. The van der Waals surface area contributed by atoms with Gasteiger partial charge in [-0.2, -0.15) is 5.10 Å². The summed E-state index contributed by atoms with van der Waals surface area (Å²) in [7, 11) is -3.41. The van der Waals surface area contributed by atoms with Gasteiger partial charge in [-0.15, -0.1) is 0 Å². The fraction of sp³-hybridized carbons (Fsp3) is 0.833. The number of hydrogen-bond acceptors (Lipinski definition) is 4. The van der Waals surface area contributed by atoms with Crippen LogP contribution in [0.5, 0.6) is 0 Å². The molecule has 0 atom stereocenters. The number of aromatic nitrogens is 3. The van der Waals surface area contributed by atoms with Gasteiger partial charge < -0.3 is 0 Å². The van der Waals surface area contributed by atoms with Gasteiger partial charge in [0, 0.05) is 26.1 Å². The van der Waals surface area contributed by atoms with E-state index >= 15 is 0 Å². The van der Waals surface area contributed by atoms with Crippen molar-refractivity contribution in [3.05, 3.63) is 16.3 Å². The number of hydrogen-bond donors (Lipinski definition) is 1. The average Bonchev–Trinajstić information content (AvgIpc) is 2.79. The van der Waals surface area contributed by atoms with E-state index in [1.807, 2.05) is 0 Å². The largest absolute Gasteiger partial charge is 0.345 e. The van der Waals surface area contributed by atoms with Crippen LogP contribution in [0.15, 0.2) is 4.79 Å². The monoisotopic (exact) mass is 320 g/mol. The van der Waals surface area contributed by atoms with Crippen molar-refractivity contribution < 1.29 is 12.8 Å². The van der Waals surface area contributed by atoms with Crippen LogP contribution in [0.25, 0.3) is 0 Å². The van der Waals surface area contributed by atoms with E-state index in [1.54, 1.807) is 4.57 Å². The lowest BCUT2D eigenvalue weighted by Gasteiger charge is -2.09. The summed E-state index contributed by atoms with van der Waals surface area (Å²) in [6.07, 6.45) is 3.34. The van der Waals surface area contributed by atoms with Gasteiger partial charge in [-0.05, 0) is 25.7 Å². The Morgan fingerprint density at radius 2 is 2.10 bits per heavy atom. The molecule has 0 saturated heterocycles. The molecule has 120 valence electrons. The SMILES string of the molecule is O=c1n(CCCNS(=O)(=O)CCCF)nc2n1CCCC2. The third kappa shape index (κ3) is 4.37. The maximum atomic E-state index is 12.0. The summed E-state index contributed by atoms with van der Waals surface area (Å²) in [5.41, 5.74) is -0.120. The van der Waals surface area contributed by atoms with Crippen molar-refractivity contribution >= 4 is 10.0 Å². The summed E-state index contributed by atoms with van der Waals surface area (Å²) in [4.78, 5) is 12.0. The Kier molecular flexibility index (Phi) is 5.51. The van der Waals surface area contributed by atoms with Crippen LogP contribution < -0.4 is 10.4 Å². The lowest BCUT2D eigenvalue weighted by Crippen LogP contribution is -2.30. The Morgan fingerprint density at radius 3 is 2.81 bits per heavy atom. The molecule has 2 rings (SSSR count). The average molecular weight is 320 g/mol. The van der Waals surface area contributed by atoms with Crippen LogP contribution in [0.3, 0.4) is 0 Å². The zero-order chi connectivity index (χ0) is 15.3. The molecule has 0 amide bonds. The standard InChI is InChI=1S/C12H21FN4O3S/c13-6-3-10-21(19,20)14-7-4-9-17-12(18)16-8-2-1-5-11(16)15-17/h14H,1-10H2. The molecular weight excluding hydrogens is 299 g/mol. The van der Waals surface area contributed by atoms with Crippen LogP contribution in [0.4, 0.5) is 4.39 Å². The van der Waals surface area contributed by atoms with Crippen molar-refractivity contribution in [1.82, 2.24) is 19.1 Å². The van der Waals surface area contributed by atoms with Crippen LogP contribution in [0, 0.1) is 0 Å². The molecule has 0 unspecified atom stereocenters. The molecule has 0 fully saturated rings. The van der Waals surface area contributed by atoms with Gasteiger partial charge in [0.05, 0.1) is 12.4 Å². The smallest absolute Gasteiger partial charge is 0.279 e. The van der Waals surface area contributed by atoms with Crippen LogP contribution in [0.1, 0.15) is 31.5 Å². The minimum atomic E-state index is -3.41. The van der Waals surface area contributed by atoms with Gasteiger partial charge in [-0.25, -0.2) is 22.6 Å². The van der Waals surface area contributed by atoms with E-state index in [9.17, 15) is 17.6 Å². The fourth-order valence-corrected chi connectivity index (χ4v) is 3.46. The number of sulfonamides is 1. The first kappa shape index (κ1) is 16.2. The first-order valence-electron chi connectivity index (χ1n) is 7.23. The highest BCUT2D eigenvalue weighted by Gasteiger charge is 2.16. The minimum Gasteiger partial charge on any atom is -0.279 e. The van der Waals surface area contributed by atoms with Gasteiger partial charge in [0.25, 0.3) is 0 Å². The van der Waals surface area contributed by atoms with Crippen LogP contribution in [-0.2, 0) is 29.5 Å². The molecule has 0 saturated carbocycles. The highest BCUT2D eigenvalue weighted by Crippen LogP contribution is 2.09. The van der Waals surface area contributed by atoms with E-state index in [0.717, 1.165) is 25.1 Å². The zero-order valence-corrected chi connectivity index (χ0v) is 12.7. The second kappa shape index (κ2) is 7.17. The van der Waals surface area contributed by atoms with Gasteiger partial charge >= 0.3 is 5.69 Å². The maximum Gasteiger partial charge on any atom is 0.345 e. The Balaban J connectivity index is 1.82. The molecule has 0 aromatic carbocycles. The molecule has 0 aliphatic carbocycles. The van der Waals surface area contributed by atoms with Crippen molar-refractivity contribution in [3.63, 3.8) is 0 Å². The molecule has 21 heavy (non-hydrogen) atoms. The molecule has 1 N–H and O–H groups in total. The van der Waals surface area contributed by atoms with Crippen molar-refractivity contribution in [2.75, 3.05) is 19.0 Å². The minimum absolute atomic E-state index is 0.00254. The van der Waals surface area contributed by atoms with E-state index in [1.165, 1.54) is 4.68 Å². The predicted molar refractivity (Wildman–Crippen MR) is 76.4 cm³/mol. The van der Waals surface area contributed by atoms with E-state index in [2.05, 4.69) is 9.82 Å². The van der Waals surface area contributed by atoms with Crippen molar-refractivity contribution in [2.45, 2.75) is 45.2 Å². The maximum absolute atomic E-state index is 12.0. The second-order valence-electron chi connectivity index (χ2n) is 5.14. The highest BCUT2D eigenvalue weighted by molar-refractivity contribution is 7.89. The molecular formula is C12H21FN4O3S. The molecule has 0 bridgehead atoms. The molecule has 7 nitrogen and oxygen atoms in total. The van der Waals surface area contributed by atoms with Gasteiger partial charge in [0.15, 0.2) is 0 Å². The number of halogens is 1. The van der Waals surface area contributed by atoms with Crippen LogP contribution in [-0.4, -0.2) is 41.7 Å².